The fourth-order valence-corrected chi connectivity index (χ4v) is 2.20. The molecule has 0 radical (unpaired) electrons. The van der Waals surface area contributed by atoms with Gasteiger partial charge >= 0.3 is 0 Å². The molecular weight excluding hydrogens is 220 g/mol. The molecule has 0 fully saturated rings. The molecule has 1 unspecified atom stereocenters. The van der Waals surface area contributed by atoms with Crippen LogP contribution in [0, 0.1) is 0 Å². The average molecular weight is 241 g/mol. The van der Waals surface area contributed by atoms with Crippen molar-refractivity contribution in [1.29, 1.82) is 0 Å². The third-order valence-electron chi connectivity index (χ3n) is 2.56. The van der Waals surface area contributed by atoms with Crippen molar-refractivity contribution in [2.45, 2.75) is 32.7 Å². The summed E-state index contributed by atoms with van der Waals surface area (Å²) in [6, 6.07) is 6.46. The SMILES string of the molecule is CCCC(C)Nc1cccc(Cl)c1N(C)C. The summed E-state index contributed by atoms with van der Waals surface area (Å²) >= 11 is 6.20. The Bertz CT molecular complexity index is 337. The van der Waals surface area contributed by atoms with Gasteiger partial charge in [-0.05, 0) is 25.5 Å². The highest BCUT2D eigenvalue weighted by Crippen LogP contribution is 2.32. The lowest BCUT2D eigenvalue weighted by Crippen LogP contribution is -2.18. The smallest absolute Gasteiger partial charge is 0.0786 e. The molecule has 0 bridgehead atoms. The zero-order valence-corrected chi connectivity index (χ0v) is 11.3. The van der Waals surface area contributed by atoms with Gasteiger partial charge in [0, 0.05) is 20.1 Å². The second-order valence-corrected chi connectivity index (χ2v) is 4.77. The molecule has 0 aliphatic heterocycles. The molecular formula is C13H21ClN2. The van der Waals surface area contributed by atoms with Crippen LogP contribution in [-0.2, 0) is 0 Å². The molecule has 0 aliphatic rings. The van der Waals surface area contributed by atoms with Crippen molar-refractivity contribution >= 4 is 23.0 Å². The van der Waals surface area contributed by atoms with Crippen molar-refractivity contribution < 1.29 is 0 Å². The van der Waals surface area contributed by atoms with Crippen LogP contribution in [0.4, 0.5) is 11.4 Å². The summed E-state index contributed by atoms with van der Waals surface area (Å²) in [5.41, 5.74) is 2.17. The molecule has 2 nitrogen and oxygen atoms in total. The van der Waals surface area contributed by atoms with Crippen LogP contribution >= 0.6 is 11.6 Å². The minimum absolute atomic E-state index is 0.474. The topological polar surface area (TPSA) is 15.3 Å². The van der Waals surface area contributed by atoms with Crippen LogP contribution in [0.25, 0.3) is 0 Å². The van der Waals surface area contributed by atoms with E-state index in [4.69, 9.17) is 11.6 Å². The van der Waals surface area contributed by atoms with Gasteiger partial charge in [0.1, 0.15) is 0 Å². The van der Waals surface area contributed by atoms with E-state index < -0.39 is 0 Å². The van der Waals surface area contributed by atoms with Crippen LogP contribution in [0.15, 0.2) is 18.2 Å². The number of nitrogens with zero attached hydrogens (tertiary/aromatic N) is 1. The second-order valence-electron chi connectivity index (χ2n) is 4.36. The molecule has 0 amide bonds. The largest absolute Gasteiger partial charge is 0.381 e. The molecule has 0 heterocycles. The third-order valence-corrected chi connectivity index (χ3v) is 2.86. The standard InChI is InChI=1S/C13H21ClN2/c1-5-7-10(2)15-12-9-6-8-11(14)13(12)16(3)4/h6,8-10,15H,5,7H2,1-4H3. The van der Waals surface area contributed by atoms with E-state index >= 15 is 0 Å². The lowest BCUT2D eigenvalue weighted by atomic mass is 10.1. The quantitative estimate of drug-likeness (QED) is 0.837. The highest BCUT2D eigenvalue weighted by molar-refractivity contribution is 6.34. The van der Waals surface area contributed by atoms with E-state index in [-0.39, 0.29) is 0 Å². The van der Waals surface area contributed by atoms with E-state index in [9.17, 15) is 0 Å². The van der Waals surface area contributed by atoms with Gasteiger partial charge in [-0.15, -0.1) is 0 Å². The number of para-hydroxylation sites is 1. The zero-order valence-electron chi connectivity index (χ0n) is 10.5. The Morgan fingerprint density at radius 3 is 2.62 bits per heavy atom. The van der Waals surface area contributed by atoms with Crippen molar-refractivity contribution in [2.75, 3.05) is 24.3 Å². The number of hydrogen-bond donors (Lipinski definition) is 1. The molecule has 16 heavy (non-hydrogen) atoms. The fourth-order valence-electron chi connectivity index (χ4n) is 1.86. The minimum atomic E-state index is 0.474. The predicted octanol–water partition coefficient (Wildman–Crippen LogP) is 4.01. The number of benzene rings is 1. The second kappa shape index (κ2) is 6.00. The van der Waals surface area contributed by atoms with Gasteiger partial charge < -0.3 is 10.2 Å². The first-order valence-corrected chi connectivity index (χ1v) is 6.16. The van der Waals surface area contributed by atoms with E-state index in [1.807, 2.05) is 31.1 Å². The van der Waals surface area contributed by atoms with Gasteiger partial charge in [-0.1, -0.05) is 31.0 Å². The first-order valence-electron chi connectivity index (χ1n) is 5.78. The van der Waals surface area contributed by atoms with Gasteiger partial charge in [0.2, 0.25) is 0 Å². The van der Waals surface area contributed by atoms with Crippen molar-refractivity contribution in [3.8, 4) is 0 Å². The fraction of sp³-hybridized carbons (Fsp3) is 0.538. The molecule has 1 aromatic rings. The van der Waals surface area contributed by atoms with Crippen LogP contribution in [0.2, 0.25) is 5.02 Å². The van der Waals surface area contributed by atoms with Crippen LogP contribution in [0.3, 0.4) is 0 Å². The number of anilines is 2. The first-order chi connectivity index (χ1) is 7.56. The lowest BCUT2D eigenvalue weighted by Gasteiger charge is -2.22. The highest BCUT2D eigenvalue weighted by Gasteiger charge is 2.10. The van der Waals surface area contributed by atoms with Crippen molar-refractivity contribution in [2.24, 2.45) is 0 Å². The van der Waals surface area contributed by atoms with E-state index in [2.05, 4.69) is 25.2 Å². The zero-order chi connectivity index (χ0) is 12.1. The Kier molecular flexibility index (Phi) is 4.94. The van der Waals surface area contributed by atoms with E-state index in [1.165, 1.54) is 12.8 Å². The van der Waals surface area contributed by atoms with Crippen molar-refractivity contribution in [3.05, 3.63) is 23.2 Å². The summed E-state index contributed by atoms with van der Waals surface area (Å²) in [7, 11) is 4.02. The Labute approximate surface area is 104 Å². The highest BCUT2D eigenvalue weighted by atomic mass is 35.5. The average Bonchev–Trinajstić information content (AvgIpc) is 2.17. The van der Waals surface area contributed by atoms with Crippen molar-refractivity contribution in [3.63, 3.8) is 0 Å². The Morgan fingerprint density at radius 1 is 1.38 bits per heavy atom. The third kappa shape index (κ3) is 3.31. The van der Waals surface area contributed by atoms with Gasteiger partial charge in [-0.2, -0.15) is 0 Å². The van der Waals surface area contributed by atoms with Gasteiger partial charge in [-0.3, -0.25) is 0 Å². The van der Waals surface area contributed by atoms with Gasteiger partial charge in [0.15, 0.2) is 0 Å². The molecule has 1 aromatic carbocycles. The molecule has 1 atom stereocenters. The summed E-state index contributed by atoms with van der Waals surface area (Å²) < 4.78 is 0. The number of nitrogens with one attached hydrogen (secondary N) is 1. The van der Waals surface area contributed by atoms with E-state index in [1.54, 1.807) is 0 Å². The summed E-state index contributed by atoms with van der Waals surface area (Å²) in [5, 5.41) is 4.30. The van der Waals surface area contributed by atoms with Gasteiger partial charge in [0.25, 0.3) is 0 Å². The first kappa shape index (κ1) is 13.2. The van der Waals surface area contributed by atoms with E-state index in [0.717, 1.165) is 16.4 Å². The van der Waals surface area contributed by atoms with Crippen LogP contribution in [0.5, 0.6) is 0 Å². The predicted molar refractivity (Wildman–Crippen MR) is 73.8 cm³/mol. The van der Waals surface area contributed by atoms with E-state index in [0.29, 0.717) is 6.04 Å². The molecule has 0 aromatic heterocycles. The van der Waals surface area contributed by atoms with Gasteiger partial charge in [0.05, 0.1) is 16.4 Å². The molecule has 90 valence electrons. The number of hydrogen-bond acceptors (Lipinski definition) is 2. The Morgan fingerprint density at radius 2 is 2.06 bits per heavy atom. The van der Waals surface area contributed by atoms with Gasteiger partial charge in [-0.25, -0.2) is 0 Å². The maximum Gasteiger partial charge on any atom is 0.0786 e. The van der Waals surface area contributed by atoms with Crippen molar-refractivity contribution in [1.82, 2.24) is 0 Å². The maximum atomic E-state index is 6.20. The van der Waals surface area contributed by atoms with Crippen LogP contribution in [-0.4, -0.2) is 20.1 Å². The molecule has 1 N–H and O–H groups in total. The number of rotatable bonds is 5. The normalized spacial score (nSPS) is 12.3. The summed E-state index contributed by atoms with van der Waals surface area (Å²) in [5.74, 6) is 0. The van der Waals surface area contributed by atoms with Crippen LogP contribution in [0.1, 0.15) is 26.7 Å². The monoisotopic (exact) mass is 240 g/mol. The summed E-state index contributed by atoms with van der Waals surface area (Å²) in [6.07, 6.45) is 2.35. The number of halogens is 1. The summed E-state index contributed by atoms with van der Waals surface area (Å²) in [6.45, 7) is 4.40. The lowest BCUT2D eigenvalue weighted by molar-refractivity contribution is 0.690. The Hall–Kier alpha value is -0.890. The maximum absolute atomic E-state index is 6.20. The molecule has 3 heteroatoms. The molecule has 1 rings (SSSR count). The summed E-state index contributed by atoms with van der Waals surface area (Å²) in [4.78, 5) is 2.04. The van der Waals surface area contributed by atoms with Crippen LogP contribution < -0.4 is 10.2 Å². The molecule has 0 aliphatic carbocycles. The minimum Gasteiger partial charge on any atom is -0.381 e. The molecule has 0 saturated heterocycles. The molecule has 0 spiro atoms. The Balaban J connectivity index is 2.90. The molecule has 0 saturated carbocycles.